The van der Waals surface area contributed by atoms with Crippen molar-refractivity contribution in [2.45, 2.75) is 46.2 Å². The maximum absolute atomic E-state index is 14.1. The van der Waals surface area contributed by atoms with Crippen molar-refractivity contribution >= 4 is 22.6 Å². The molecule has 36 heavy (non-hydrogen) atoms. The molecule has 0 heterocycles. The lowest BCUT2D eigenvalue weighted by Crippen LogP contribution is -2.50. The fourth-order valence-corrected chi connectivity index (χ4v) is 3.55. The summed E-state index contributed by atoms with van der Waals surface area (Å²) >= 11 is 0. The Morgan fingerprint density at radius 2 is 1.67 bits per heavy atom. The zero-order valence-electron chi connectivity index (χ0n) is 19.8. The van der Waals surface area contributed by atoms with Crippen molar-refractivity contribution in [3.63, 3.8) is 0 Å². The molecule has 0 saturated heterocycles. The average Bonchev–Trinajstić information content (AvgIpc) is 2.80. The SMILES string of the molecule is CCC(C)(C)[C@H](NC(=O)c1ccc2ccc(F)cc2c1OCc1ccc(OC(F)(F)F)cc1)C(=O)O. The van der Waals surface area contributed by atoms with E-state index in [1.54, 1.807) is 26.8 Å². The number of benzene rings is 3. The van der Waals surface area contributed by atoms with Gasteiger partial charge in [-0.3, -0.25) is 4.79 Å². The number of hydrogen-bond donors (Lipinski definition) is 2. The van der Waals surface area contributed by atoms with Crippen molar-refractivity contribution in [1.29, 1.82) is 0 Å². The van der Waals surface area contributed by atoms with Crippen LogP contribution in [0.25, 0.3) is 10.8 Å². The minimum atomic E-state index is -4.83. The molecule has 0 aromatic heterocycles. The molecule has 0 bridgehead atoms. The predicted octanol–water partition coefficient (Wildman–Crippen LogP) is 6.08. The Morgan fingerprint density at radius 3 is 2.25 bits per heavy atom. The van der Waals surface area contributed by atoms with E-state index < -0.39 is 41.3 Å². The third-order valence-corrected chi connectivity index (χ3v) is 5.93. The van der Waals surface area contributed by atoms with Gasteiger partial charge in [-0.25, -0.2) is 9.18 Å². The van der Waals surface area contributed by atoms with Crippen molar-refractivity contribution in [1.82, 2.24) is 5.32 Å². The van der Waals surface area contributed by atoms with Gasteiger partial charge in [0.15, 0.2) is 0 Å². The number of hydrogen-bond acceptors (Lipinski definition) is 4. The van der Waals surface area contributed by atoms with Gasteiger partial charge in [-0.15, -0.1) is 13.2 Å². The number of fused-ring (bicyclic) bond motifs is 1. The monoisotopic (exact) mass is 507 g/mol. The summed E-state index contributed by atoms with van der Waals surface area (Å²) in [4.78, 5) is 25.1. The highest BCUT2D eigenvalue weighted by atomic mass is 19.4. The molecular formula is C26H25F4NO5. The number of carbonyl (C=O) groups excluding carboxylic acids is 1. The Bertz CT molecular complexity index is 1260. The molecule has 0 saturated carbocycles. The molecule has 0 aliphatic rings. The van der Waals surface area contributed by atoms with Gasteiger partial charge < -0.3 is 19.9 Å². The van der Waals surface area contributed by atoms with Crippen molar-refractivity contribution in [2.24, 2.45) is 5.41 Å². The number of carboxylic acid groups (broad SMARTS) is 1. The Kier molecular flexibility index (Phi) is 7.76. The standard InChI is InChI=1S/C26H25F4NO5/c1-4-25(2,3)22(24(33)34)31-23(32)19-12-8-16-7-9-17(27)13-20(16)21(19)35-14-15-5-10-18(11-6-15)36-26(28,29)30/h5-13,22H,4,14H2,1-3H3,(H,31,32)(H,33,34)/t22-/m1/s1. The van der Waals surface area contributed by atoms with E-state index in [4.69, 9.17) is 4.74 Å². The van der Waals surface area contributed by atoms with Gasteiger partial charge in [0.1, 0.15) is 30.0 Å². The molecule has 2 N–H and O–H groups in total. The molecule has 3 aromatic carbocycles. The van der Waals surface area contributed by atoms with Crippen LogP contribution in [0, 0.1) is 11.2 Å². The maximum atomic E-state index is 14.1. The maximum Gasteiger partial charge on any atom is 0.573 e. The number of carbonyl (C=O) groups is 2. The third-order valence-electron chi connectivity index (χ3n) is 5.93. The molecule has 1 atom stereocenters. The summed E-state index contributed by atoms with van der Waals surface area (Å²) in [6.07, 6.45) is -4.35. The first-order chi connectivity index (χ1) is 16.8. The summed E-state index contributed by atoms with van der Waals surface area (Å²) in [5.41, 5.74) is -0.311. The molecule has 0 fully saturated rings. The highest BCUT2D eigenvalue weighted by Crippen LogP contribution is 2.33. The number of aliphatic carboxylic acids is 1. The number of nitrogens with one attached hydrogen (secondary N) is 1. The van der Waals surface area contributed by atoms with Gasteiger partial charge in [-0.1, -0.05) is 45.0 Å². The molecule has 0 radical (unpaired) electrons. The molecule has 6 nitrogen and oxygen atoms in total. The van der Waals surface area contributed by atoms with E-state index in [1.165, 1.54) is 36.4 Å². The van der Waals surface area contributed by atoms with E-state index >= 15 is 0 Å². The quantitative estimate of drug-likeness (QED) is 0.343. The van der Waals surface area contributed by atoms with Crippen molar-refractivity contribution in [3.8, 4) is 11.5 Å². The van der Waals surface area contributed by atoms with E-state index in [0.717, 1.165) is 12.1 Å². The van der Waals surface area contributed by atoms with Gasteiger partial charge in [-0.2, -0.15) is 0 Å². The highest BCUT2D eigenvalue weighted by Gasteiger charge is 2.36. The lowest BCUT2D eigenvalue weighted by molar-refractivity contribution is -0.274. The molecule has 0 unspecified atom stereocenters. The van der Waals surface area contributed by atoms with Crippen LogP contribution >= 0.6 is 0 Å². The Hall–Kier alpha value is -3.82. The average molecular weight is 507 g/mol. The fraction of sp³-hybridized carbons (Fsp3) is 0.308. The van der Waals surface area contributed by atoms with Crippen LogP contribution in [-0.4, -0.2) is 29.4 Å². The number of amides is 1. The third kappa shape index (κ3) is 6.44. The summed E-state index contributed by atoms with van der Waals surface area (Å²) in [6, 6.07) is 10.7. The van der Waals surface area contributed by atoms with Crippen LogP contribution < -0.4 is 14.8 Å². The van der Waals surface area contributed by atoms with Crippen LogP contribution in [0.2, 0.25) is 0 Å². The molecule has 0 aliphatic carbocycles. The number of alkyl halides is 3. The van der Waals surface area contributed by atoms with Crippen LogP contribution in [0.4, 0.5) is 17.6 Å². The van der Waals surface area contributed by atoms with Crippen LogP contribution in [0.5, 0.6) is 11.5 Å². The van der Waals surface area contributed by atoms with E-state index in [2.05, 4.69) is 10.1 Å². The van der Waals surface area contributed by atoms with Crippen molar-refractivity contribution in [3.05, 3.63) is 71.5 Å². The Labute approximate surface area is 204 Å². The Morgan fingerprint density at radius 1 is 1.03 bits per heavy atom. The van der Waals surface area contributed by atoms with Gasteiger partial charge in [0.2, 0.25) is 0 Å². The second kappa shape index (κ2) is 10.4. The van der Waals surface area contributed by atoms with Crippen molar-refractivity contribution < 1.29 is 41.7 Å². The lowest BCUT2D eigenvalue weighted by atomic mass is 9.81. The van der Waals surface area contributed by atoms with Crippen LogP contribution in [-0.2, 0) is 11.4 Å². The van der Waals surface area contributed by atoms with E-state index in [1.807, 2.05) is 0 Å². The van der Waals surface area contributed by atoms with Gasteiger partial charge >= 0.3 is 12.3 Å². The second-order valence-electron chi connectivity index (χ2n) is 8.87. The summed E-state index contributed by atoms with van der Waals surface area (Å²) in [5, 5.41) is 13.1. The zero-order chi connectivity index (χ0) is 26.7. The van der Waals surface area contributed by atoms with Crippen LogP contribution in [0.15, 0.2) is 54.6 Å². The first-order valence-electron chi connectivity index (χ1n) is 11.0. The van der Waals surface area contributed by atoms with Crippen LogP contribution in [0.3, 0.4) is 0 Å². The smallest absolute Gasteiger partial charge is 0.487 e. The molecule has 0 spiro atoms. The number of ether oxygens (including phenoxy) is 2. The molecule has 1 amide bonds. The summed E-state index contributed by atoms with van der Waals surface area (Å²) < 4.78 is 61.0. The van der Waals surface area contributed by atoms with Gasteiger partial charge in [0.05, 0.1) is 5.56 Å². The largest absolute Gasteiger partial charge is 0.573 e. The topological polar surface area (TPSA) is 84.9 Å². The summed E-state index contributed by atoms with van der Waals surface area (Å²) in [6.45, 7) is 5.07. The number of rotatable bonds is 9. The van der Waals surface area contributed by atoms with Gasteiger partial charge in [0.25, 0.3) is 5.91 Å². The highest BCUT2D eigenvalue weighted by molar-refractivity contribution is 6.05. The molecular weight excluding hydrogens is 482 g/mol. The summed E-state index contributed by atoms with van der Waals surface area (Å²) in [5.74, 6) is -2.89. The van der Waals surface area contributed by atoms with E-state index in [0.29, 0.717) is 17.4 Å². The number of carboxylic acids is 1. The molecule has 192 valence electrons. The minimum absolute atomic E-state index is 0.0109. The lowest BCUT2D eigenvalue weighted by Gasteiger charge is -2.31. The fourth-order valence-electron chi connectivity index (χ4n) is 3.55. The zero-order valence-corrected chi connectivity index (χ0v) is 19.8. The normalized spacial score (nSPS) is 12.8. The minimum Gasteiger partial charge on any atom is -0.487 e. The van der Waals surface area contributed by atoms with Gasteiger partial charge in [-0.05, 0) is 53.1 Å². The number of halogens is 4. The van der Waals surface area contributed by atoms with Gasteiger partial charge in [0, 0.05) is 5.39 Å². The molecule has 0 aliphatic heterocycles. The first kappa shape index (κ1) is 26.8. The van der Waals surface area contributed by atoms with Crippen LogP contribution in [0.1, 0.15) is 43.1 Å². The van der Waals surface area contributed by atoms with Crippen molar-refractivity contribution in [2.75, 3.05) is 0 Å². The first-order valence-corrected chi connectivity index (χ1v) is 11.0. The Balaban J connectivity index is 1.94. The summed E-state index contributed by atoms with van der Waals surface area (Å²) in [7, 11) is 0. The second-order valence-corrected chi connectivity index (χ2v) is 8.87. The molecule has 10 heteroatoms. The molecule has 3 rings (SSSR count). The van der Waals surface area contributed by atoms with E-state index in [9.17, 15) is 32.3 Å². The predicted molar refractivity (Wildman–Crippen MR) is 124 cm³/mol. The molecule has 3 aromatic rings. The van der Waals surface area contributed by atoms with E-state index in [-0.39, 0.29) is 23.3 Å².